The predicted molar refractivity (Wildman–Crippen MR) is 339 cm³/mol. The summed E-state index contributed by atoms with van der Waals surface area (Å²) in [5, 5.41) is 44.9. The Balaban J connectivity index is 0.000000182. The fourth-order valence-corrected chi connectivity index (χ4v) is 16.0. The van der Waals surface area contributed by atoms with E-state index in [1.807, 2.05) is 60.7 Å². The number of aliphatic hydroxyl groups excluding tert-OH is 2. The Bertz CT molecular complexity index is 3110. The van der Waals surface area contributed by atoms with E-state index in [4.69, 9.17) is 42.1 Å². The Labute approximate surface area is 527 Å². The number of carbonyl (C=O) groups is 4. The summed E-state index contributed by atoms with van der Waals surface area (Å²) in [5.74, 6) is -0.838. The summed E-state index contributed by atoms with van der Waals surface area (Å²) in [5.41, 5.74) is 3.14. The molecular formula is C70H86Cl2N4O12. The number of carboxylic acid groups (broad SMARTS) is 2. The average molecular weight is 1250 g/mol. The van der Waals surface area contributed by atoms with E-state index in [0.29, 0.717) is 87.9 Å². The van der Waals surface area contributed by atoms with Crippen LogP contribution in [0.25, 0.3) is 0 Å². The number of hydrogen-bond donors (Lipinski definition) is 4. The van der Waals surface area contributed by atoms with Crippen molar-refractivity contribution >= 4 is 58.3 Å². The summed E-state index contributed by atoms with van der Waals surface area (Å²) >= 11 is 12.8. The molecule has 0 saturated heterocycles. The monoisotopic (exact) mass is 1240 g/mol. The van der Waals surface area contributed by atoms with Crippen LogP contribution in [0.4, 0.5) is 11.4 Å². The first-order valence-electron chi connectivity index (χ1n) is 31.7. The van der Waals surface area contributed by atoms with Crippen LogP contribution in [0.5, 0.6) is 11.5 Å². The highest BCUT2D eigenvalue weighted by Crippen LogP contribution is 2.51. The van der Waals surface area contributed by atoms with Gasteiger partial charge in [0.05, 0.1) is 49.6 Å². The average Bonchev–Trinajstić information content (AvgIpc) is 1.78. The van der Waals surface area contributed by atoms with Gasteiger partial charge < -0.3 is 59.0 Å². The minimum atomic E-state index is -1.85. The fourth-order valence-electron chi connectivity index (χ4n) is 15.6. The van der Waals surface area contributed by atoms with Gasteiger partial charge in [-0.15, -0.1) is 0 Å². The lowest BCUT2D eigenvalue weighted by Crippen LogP contribution is -2.49. The molecule has 0 aromatic heterocycles. The summed E-state index contributed by atoms with van der Waals surface area (Å²) in [6, 6.07) is 23.2. The molecule has 4 heterocycles. The Morgan fingerprint density at radius 2 is 1.00 bits per heavy atom. The van der Waals surface area contributed by atoms with Crippen LogP contribution in [0, 0.1) is 23.7 Å². The van der Waals surface area contributed by atoms with E-state index in [-0.39, 0.29) is 59.2 Å². The number of aliphatic carboxylic acids is 2. The summed E-state index contributed by atoms with van der Waals surface area (Å²) < 4.78 is 24.7. The second-order valence-corrected chi connectivity index (χ2v) is 27.2. The molecule has 0 unspecified atom stereocenters. The highest BCUT2D eigenvalue weighted by Gasteiger charge is 2.50. The highest BCUT2D eigenvalue weighted by atomic mass is 35.5. The number of allylic oxidation sites excluding steroid dienone is 2. The first-order valence-corrected chi connectivity index (χ1v) is 32.4. The molecule has 4 aromatic carbocycles. The lowest BCUT2D eigenvalue weighted by atomic mass is 9.68. The summed E-state index contributed by atoms with van der Waals surface area (Å²) in [6.07, 6.45) is 18.8. The second kappa shape index (κ2) is 26.4. The molecule has 8 aliphatic rings. The zero-order chi connectivity index (χ0) is 62.1. The molecule has 4 aromatic rings. The van der Waals surface area contributed by atoms with Crippen LogP contribution < -0.4 is 19.3 Å². The number of benzene rings is 4. The molecule has 16 nitrogen and oxygen atoms in total. The molecule has 4 aliphatic heterocycles. The summed E-state index contributed by atoms with van der Waals surface area (Å²) in [4.78, 5) is 60.4. The molecule has 2 amide bonds. The molecular weight excluding hydrogens is 1160 g/mol. The third-order valence-corrected chi connectivity index (χ3v) is 21.7. The molecule has 12 rings (SSSR count). The fraction of sp³-hybridized carbons (Fsp3) is 0.543. The number of fused-ring (bicyclic) bond motifs is 8. The molecule has 4 bridgehead atoms. The number of methoxy groups -OCH3 is 2. The zero-order valence-electron chi connectivity index (χ0n) is 51.3. The van der Waals surface area contributed by atoms with Crippen LogP contribution in [-0.4, -0.2) is 147 Å². The predicted octanol–water partition coefficient (Wildman–Crippen LogP) is 10.6. The molecule has 88 heavy (non-hydrogen) atoms. The first kappa shape index (κ1) is 63.4. The molecule has 2 fully saturated rings. The normalized spacial score (nSPS) is 31.5. The summed E-state index contributed by atoms with van der Waals surface area (Å²) in [7, 11) is 6.09. The number of halogens is 2. The van der Waals surface area contributed by atoms with Gasteiger partial charge in [-0.2, -0.15) is 0 Å². The minimum Gasteiger partial charge on any atom is -0.490 e. The van der Waals surface area contributed by atoms with Gasteiger partial charge in [0.25, 0.3) is 0 Å². The second-order valence-electron chi connectivity index (χ2n) is 26.4. The third kappa shape index (κ3) is 12.4. The smallest absolute Gasteiger partial charge is 0.341 e. The number of anilines is 2. The van der Waals surface area contributed by atoms with Crippen molar-refractivity contribution in [1.29, 1.82) is 0 Å². The summed E-state index contributed by atoms with van der Waals surface area (Å²) in [6.45, 7) is 4.70. The van der Waals surface area contributed by atoms with Gasteiger partial charge in [0.2, 0.25) is 11.8 Å². The van der Waals surface area contributed by atoms with Crippen LogP contribution in [0.1, 0.15) is 123 Å². The van der Waals surface area contributed by atoms with Crippen molar-refractivity contribution in [1.82, 2.24) is 9.80 Å². The topological polar surface area (TPSA) is 199 Å². The van der Waals surface area contributed by atoms with E-state index in [1.165, 1.54) is 36.5 Å². The molecule has 0 radical (unpaired) electrons. The number of carboxylic acids is 2. The Morgan fingerprint density at radius 1 is 0.580 bits per heavy atom. The van der Waals surface area contributed by atoms with Gasteiger partial charge in [-0.05, 0) is 195 Å². The number of aliphatic hydroxyl groups is 2. The van der Waals surface area contributed by atoms with Crippen molar-refractivity contribution in [2.75, 3.05) is 90.6 Å². The van der Waals surface area contributed by atoms with Crippen molar-refractivity contribution in [3.05, 3.63) is 141 Å². The zero-order valence-corrected chi connectivity index (χ0v) is 52.8. The number of aryl methyl sites for hydroxylation is 2. The van der Waals surface area contributed by atoms with Gasteiger partial charge in [0.1, 0.15) is 11.5 Å². The van der Waals surface area contributed by atoms with Gasteiger partial charge in [0, 0.05) is 88.5 Å². The SMILES string of the molecule is CO[C@@]1(C(=O)O)CC(=O)N(C)CCC/C=C/[C@H](O)[C@@H]2CC[C@H]2CN2C[C@@]3(CCCc4cc(Cl)ccc43)COc3ccc1cc32.CO[C@]1(C(=O)O)CC(=O)N(C)CCC/C=C/[C@H](O)[C@@H]2CC[C@H]2CN2C[C@@]3(CCCc4cc(Cl)ccc43)COc3ccc1cc32. The quantitative estimate of drug-likeness (QED) is 0.141. The maximum atomic E-state index is 13.4. The number of carbonyl (C=O) groups excluding carboxylic acids is 2. The molecule has 2 saturated carbocycles. The largest absolute Gasteiger partial charge is 0.490 e. The number of hydrogen-bond acceptors (Lipinski definition) is 12. The maximum Gasteiger partial charge on any atom is 0.341 e. The van der Waals surface area contributed by atoms with E-state index >= 15 is 0 Å². The number of nitrogens with zero attached hydrogens (tertiary/aromatic N) is 4. The number of ether oxygens (including phenoxy) is 4. The van der Waals surface area contributed by atoms with Crippen molar-refractivity contribution in [2.45, 2.75) is 137 Å². The Morgan fingerprint density at radius 3 is 1.38 bits per heavy atom. The molecule has 2 spiro atoms. The van der Waals surface area contributed by atoms with Gasteiger partial charge in [-0.25, -0.2) is 9.59 Å². The standard InChI is InChI=1S/2C35H43ClN2O6/c2*1-37-16-5-3-4-8-30(39)27-12-9-24(27)20-38-21-34(15-6-7-23-17-26(36)11-13-28(23)34)22-44-31-14-10-25(18-29(31)38)35(43-2,33(41)42)19-32(37)40/h2*4,8,10-11,13-14,17-18,24,27,30,39H,3,5-7,9,12,15-16,19-22H2,1-2H3,(H,41,42)/b2*8-4+/t24-,27+,30-,34-,35+;24-,27+,30-,34-,35-/m00/s1. The minimum absolute atomic E-state index is 0.146. The molecule has 4 N–H and O–H groups in total. The Kier molecular flexibility index (Phi) is 19.0. The van der Waals surface area contributed by atoms with E-state index in [0.717, 1.165) is 98.5 Å². The van der Waals surface area contributed by atoms with Crippen LogP contribution >= 0.6 is 23.2 Å². The third-order valence-electron chi connectivity index (χ3n) is 21.2. The van der Waals surface area contributed by atoms with Crippen LogP contribution in [0.2, 0.25) is 10.0 Å². The first-order chi connectivity index (χ1) is 42.3. The molecule has 472 valence electrons. The maximum absolute atomic E-state index is 13.4. The van der Waals surface area contributed by atoms with E-state index in [2.05, 4.69) is 34.1 Å². The van der Waals surface area contributed by atoms with Crippen molar-refractivity contribution < 1.29 is 58.6 Å². The van der Waals surface area contributed by atoms with Crippen LogP contribution in [-0.2, 0) is 63.5 Å². The molecule has 10 atom stereocenters. The van der Waals surface area contributed by atoms with Crippen LogP contribution in [0.15, 0.2) is 97.1 Å². The highest BCUT2D eigenvalue weighted by molar-refractivity contribution is 6.31. The van der Waals surface area contributed by atoms with Gasteiger partial charge in [-0.3, -0.25) is 9.59 Å². The van der Waals surface area contributed by atoms with Crippen molar-refractivity contribution in [3.63, 3.8) is 0 Å². The van der Waals surface area contributed by atoms with Crippen molar-refractivity contribution in [3.8, 4) is 11.5 Å². The van der Waals surface area contributed by atoms with Crippen molar-refractivity contribution in [2.24, 2.45) is 23.7 Å². The van der Waals surface area contributed by atoms with Gasteiger partial charge >= 0.3 is 11.9 Å². The van der Waals surface area contributed by atoms with Gasteiger partial charge in [-0.1, -0.05) is 71.8 Å². The van der Waals surface area contributed by atoms with E-state index in [9.17, 15) is 39.6 Å². The lowest BCUT2D eigenvalue weighted by molar-refractivity contribution is -0.169. The molecule has 4 aliphatic carbocycles. The van der Waals surface area contributed by atoms with Crippen LogP contribution in [0.3, 0.4) is 0 Å². The lowest BCUT2D eigenvalue weighted by Gasteiger charge is -2.45. The van der Waals surface area contributed by atoms with E-state index in [1.54, 1.807) is 36.0 Å². The number of rotatable bonds is 4. The number of amides is 2. The van der Waals surface area contributed by atoms with E-state index < -0.39 is 35.3 Å². The molecule has 18 heteroatoms. The Hall–Kier alpha value is -6.14. The van der Waals surface area contributed by atoms with Gasteiger partial charge in [0.15, 0.2) is 11.2 Å².